The Bertz CT molecular complexity index is 3270. The molecule has 0 fully saturated rings. The first-order valence-corrected chi connectivity index (χ1v) is 21.4. The summed E-state index contributed by atoms with van der Waals surface area (Å²) in [4.78, 5) is 4.62. The number of fused-ring (bicyclic) bond motifs is 9. The predicted octanol–water partition coefficient (Wildman–Crippen LogP) is 16.0. The zero-order chi connectivity index (χ0) is 42.9. The maximum atomic E-state index is 9.78. The summed E-state index contributed by atoms with van der Waals surface area (Å²) in [5, 5.41) is 24.0. The summed E-state index contributed by atoms with van der Waals surface area (Å²) >= 11 is 0. The number of benzene rings is 8. The molecule has 0 spiro atoms. The molecule has 1 aliphatic carbocycles. The molecule has 0 unspecified atom stereocenters. The number of hydrogen-bond donors (Lipinski definition) is 0. The minimum Gasteiger partial charge on any atom is -0.454 e. The lowest BCUT2D eigenvalue weighted by molar-refractivity contribution is 0.657. The Hall–Kier alpha value is -7.60. The van der Waals surface area contributed by atoms with Crippen LogP contribution in [0.25, 0.3) is 43.8 Å². The second-order valence-corrected chi connectivity index (χ2v) is 17.6. The van der Waals surface area contributed by atoms with Gasteiger partial charge >= 0.3 is 0 Å². The second-order valence-electron chi connectivity index (χ2n) is 17.6. The Labute approximate surface area is 363 Å². The lowest BCUT2D eigenvalue weighted by Crippen LogP contribution is -2.18. The summed E-state index contributed by atoms with van der Waals surface area (Å²) in [5.74, 6) is 0.791. The molecule has 0 saturated carbocycles. The highest BCUT2D eigenvalue weighted by atomic mass is 16.3. The molecule has 0 N–H and O–H groups in total. The van der Waals surface area contributed by atoms with E-state index in [9.17, 15) is 10.5 Å². The quantitative estimate of drug-likeness (QED) is 0.153. The molecule has 62 heavy (non-hydrogen) atoms. The average Bonchev–Trinajstić information content (AvgIpc) is 3.79. The third kappa shape index (κ3) is 6.12. The van der Waals surface area contributed by atoms with Gasteiger partial charge in [-0.2, -0.15) is 10.5 Å². The van der Waals surface area contributed by atoms with Crippen molar-refractivity contribution >= 4 is 66.8 Å². The summed E-state index contributed by atoms with van der Waals surface area (Å²) in [7, 11) is 0. The molecule has 0 bridgehead atoms. The smallest absolute Gasteiger partial charge is 0.159 e. The Morgan fingerprint density at radius 2 is 0.968 bits per heavy atom. The molecule has 0 atom stereocenters. The highest BCUT2D eigenvalue weighted by Crippen LogP contribution is 2.59. The summed E-state index contributed by atoms with van der Waals surface area (Å²) in [6.07, 6.45) is 0. The molecular formula is C57H46N4O. The highest BCUT2D eigenvalue weighted by molar-refractivity contribution is 6.19. The van der Waals surface area contributed by atoms with Gasteiger partial charge in [0.25, 0.3) is 0 Å². The average molecular weight is 803 g/mol. The SMILES string of the molecule is CC(C)c1ccc(N(c2ccc(C#N)cc2)c2cc3c(c4ccccc24)-c2cc(N(c4ccc(C#N)cc4)c4ccc(C(C)C)cc4)c4oc5ccccc5c4c2C3(C)C)cc1. The standard InChI is InChI=1S/C57H46N4O/c1-35(2)39-19-27-43(28-20-39)60(41-23-15-37(33-58)16-24-41)50-32-49-53(46-12-8-7-11-45(46)50)48-31-51(56-54(55(48)57(49,5)6)47-13-9-10-14-52(47)62-56)61(42-25-17-38(34-59)18-26-42)44-29-21-40(22-30-44)36(3)4/h7-32,35-36H,1-6H3. The molecule has 300 valence electrons. The fourth-order valence-corrected chi connectivity index (χ4v) is 9.60. The Morgan fingerprint density at radius 3 is 1.47 bits per heavy atom. The summed E-state index contributed by atoms with van der Waals surface area (Å²) in [6, 6.07) is 60.0. The van der Waals surface area contributed by atoms with Crippen molar-refractivity contribution in [1.82, 2.24) is 0 Å². The number of para-hydroxylation sites is 1. The van der Waals surface area contributed by atoms with Gasteiger partial charge in [0.1, 0.15) is 5.58 Å². The summed E-state index contributed by atoms with van der Waals surface area (Å²) in [6.45, 7) is 13.6. The molecule has 5 heteroatoms. The van der Waals surface area contributed by atoms with Gasteiger partial charge in [0.05, 0.1) is 34.6 Å². The van der Waals surface area contributed by atoms with Crippen LogP contribution in [0.3, 0.4) is 0 Å². The van der Waals surface area contributed by atoms with Crippen LogP contribution in [-0.4, -0.2) is 0 Å². The molecule has 1 aromatic heterocycles. The topological polar surface area (TPSA) is 67.2 Å². The van der Waals surface area contributed by atoms with Crippen molar-refractivity contribution in [3.8, 4) is 23.3 Å². The van der Waals surface area contributed by atoms with Gasteiger partial charge in [-0.25, -0.2) is 0 Å². The van der Waals surface area contributed by atoms with Gasteiger partial charge < -0.3 is 14.2 Å². The van der Waals surface area contributed by atoms with E-state index in [-0.39, 0.29) is 0 Å². The van der Waals surface area contributed by atoms with E-state index in [1.54, 1.807) is 0 Å². The van der Waals surface area contributed by atoms with Gasteiger partial charge in [0.2, 0.25) is 0 Å². The number of nitriles is 2. The number of furan rings is 1. The van der Waals surface area contributed by atoms with Crippen LogP contribution < -0.4 is 9.80 Å². The van der Waals surface area contributed by atoms with E-state index in [1.807, 2.05) is 42.5 Å². The van der Waals surface area contributed by atoms with Gasteiger partial charge in [0.15, 0.2) is 5.58 Å². The predicted molar refractivity (Wildman–Crippen MR) is 256 cm³/mol. The van der Waals surface area contributed by atoms with E-state index in [4.69, 9.17) is 4.42 Å². The maximum absolute atomic E-state index is 9.78. The minimum absolute atomic E-state index is 0.388. The fraction of sp³-hybridized carbons (Fsp3) is 0.158. The van der Waals surface area contributed by atoms with Crippen molar-refractivity contribution in [2.24, 2.45) is 0 Å². The number of nitrogens with zero attached hydrogens (tertiary/aromatic N) is 4. The van der Waals surface area contributed by atoms with Crippen LogP contribution in [0.15, 0.2) is 162 Å². The van der Waals surface area contributed by atoms with Crippen LogP contribution in [0, 0.1) is 22.7 Å². The molecule has 0 aliphatic heterocycles. The fourth-order valence-electron chi connectivity index (χ4n) is 9.60. The monoisotopic (exact) mass is 802 g/mol. The highest BCUT2D eigenvalue weighted by Gasteiger charge is 2.42. The first-order chi connectivity index (χ1) is 30.1. The molecular weight excluding hydrogens is 757 g/mol. The largest absolute Gasteiger partial charge is 0.454 e. The second kappa shape index (κ2) is 14.8. The lowest BCUT2D eigenvalue weighted by Gasteiger charge is -2.30. The molecule has 5 nitrogen and oxygen atoms in total. The van der Waals surface area contributed by atoms with Crippen molar-refractivity contribution in [2.75, 3.05) is 9.80 Å². The first-order valence-electron chi connectivity index (χ1n) is 21.4. The number of anilines is 6. The molecule has 8 aromatic carbocycles. The number of rotatable bonds is 8. The van der Waals surface area contributed by atoms with Crippen LogP contribution in [-0.2, 0) is 5.41 Å². The van der Waals surface area contributed by atoms with Crippen LogP contribution in [0.4, 0.5) is 34.1 Å². The van der Waals surface area contributed by atoms with E-state index < -0.39 is 5.41 Å². The molecule has 0 amide bonds. The van der Waals surface area contributed by atoms with Gasteiger partial charge in [-0.15, -0.1) is 0 Å². The van der Waals surface area contributed by atoms with Gasteiger partial charge in [-0.3, -0.25) is 0 Å². The van der Waals surface area contributed by atoms with Gasteiger partial charge in [0, 0.05) is 44.3 Å². The molecule has 1 aliphatic rings. The zero-order valence-electron chi connectivity index (χ0n) is 35.9. The molecule has 1 heterocycles. The van der Waals surface area contributed by atoms with Crippen molar-refractivity contribution in [3.05, 3.63) is 191 Å². The minimum atomic E-state index is -0.442. The lowest BCUT2D eigenvalue weighted by atomic mass is 9.79. The van der Waals surface area contributed by atoms with E-state index in [0.29, 0.717) is 23.0 Å². The molecule has 0 saturated heterocycles. The third-order valence-corrected chi connectivity index (χ3v) is 12.8. The van der Waals surface area contributed by atoms with Crippen LogP contribution in [0.5, 0.6) is 0 Å². The van der Waals surface area contributed by atoms with E-state index >= 15 is 0 Å². The van der Waals surface area contributed by atoms with Crippen LogP contribution >= 0.6 is 0 Å². The molecule has 9 aromatic rings. The van der Waals surface area contributed by atoms with E-state index in [1.165, 1.54) is 33.4 Å². The Balaban J connectivity index is 1.28. The van der Waals surface area contributed by atoms with Crippen molar-refractivity contribution in [3.63, 3.8) is 0 Å². The van der Waals surface area contributed by atoms with Crippen molar-refractivity contribution in [2.45, 2.75) is 58.8 Å². The third-order valence-electron chi connectivity index (χ3n) is 12.8. The molecule has 10 rings (SSSR count). The van der Waals surface area contributed by atoms with Gasteiger partial charge in [-0.05, 0) is 142 Å². The van der Waals surface area contributed by atoms with E-state index in [0.717, 1.165) is 66.8 Å². The normalized spacial score (nSPS) is 12.7. The van der Waals surface area contributed by atoms with Crippen molar-refractivity contribution < 1.29 is 4.42 Å². The maximum Gasteiger partial charge on any atom is 0.159 e. The Morgan fingerprint density at radius 1 is 0.516 bits per heavy atom. The Kier molecular flexibility index (Phi) is 9.24. The van der Waals surface area contributed by atoms with Crippen LogP contribution in [0.1, 0.15) is 86.8 Å². The summed E-state index contributed by atoms with van der Waals surface area (Å²) < 4.78 is 7.02. The first kappa shape index (κ1) is 38.6. The van der Waals surface area contributed by atoms with Crippen LogP contribution in [0.2, 0.25) is 0 Å². The molecule has 0 radical (unpaired) electrons. The van der Waals surface area contributed by atoms with Crippen molar-refractivity contribution in [1.29, 1.82) is 10.5 Å². The van der Waals surface area contributed by atoms with Gasteiger partial charge in [-0.1, -0.05) is 108 Å². The number of hydrogen-bond acceptors (Lipinski definition) is 5. The van der Waals surface area contributed by atoms with E-state index in [2.05, 4.69) is 179 Å². The summed E-state index contributed by atoms with van der Waals surface area (Å²) in [5.41, 5.74) is 15.8. The zero-order valence-corrected chi connectivity index (χ0v) is 35.9.